The highest BCUT2D eigenvalue weighted by Gasteiger charge is 2.44. The number of nitriles is 1. The summed E-state index contributed by atoms with van der Waals surface area (Å²) in [7, 11) is 0. The van der Waals surface area contributed by atoms with Crippen LogP contribution in [0.3, 0.4) is 0 Å². The summed E-state index contributed by atoms with van der Waals surface area (Å²) in [5, 5.41) is 8.76. The van der Waals surface area contributed by atoms with Crippen molar-refractivity contribution in [2.45, 2.75) is 25.5 Å². The lowest BCUT2D eigenvalue weighted by Crippen LogP contribution is -2.54. The molecular weight excluding hydrogens is 184 g/mol. The number of esters is 1. The van der Waals surface area contributed by atoms with Crippen molar-refractivity contribution in [2.75, 3.05) is 13.2 Å². The molecule has 78 valence electrons. The lowest BCUT2D eigenvalue weighted by atomic mass is 10.0. The van der Waals surface area contributed by atoms with Crippen LogP contribution in [0.5, 0.6) is 0 Å². The van der Waals surface area contributed by atoms with Gasteiger partial charge in [0.2, 0.25) is 5.60 Å². The van der Waals surface area contributed by atoms with Gasteiger partial charge in [-0.05, 0) is 5.92 Å². The van der Waals surface area contributed by atoms with Gasteiger partial charge < -0.3 is 15.2 Å². The summed E-state index contributed by atoms with van der Waals surface area (Å²) in [5.41, 5.74) is 4.48. The minimum Gasteiger partial charge on any atom is -0.437 e. The third-order valence-electron chi connectivity index (χ3n) is 2.16. The molecule has 0 aromatic rings. The Hall–Kier alpha value is -1.12. The molecule has 1 aliphatic rings. The molecule has 0 saturated carbocycles. The molecule has 0 aliphatic carbocycles. The Bertz CT molecular complexity index is 266. The lowest BCUT2D eigenvalue weighted by molar-refractivity contribution is -0.195. The molecule has 1 unspecified atom stereocenters. The van der Waals surface area contributed by atoms with E-state index in [1.54, 1.807) is 0 Å². The molecule has 1 heterocycles. The van der Waals surface area contributed by atoms with Crippen LogP contribution in [-0.2, 0) is 14.3 Å². The Morgan fingerprint density at radius 2 is 2.21 bits per heavy atom. The van der Waals surface area contributed by atoms with Crippen molar-refractivity contribution < 1.29 is 14.3 Å². The van der Waals surface area contributed by atoms with E-state index in [0.717, 1.165) is 0 Å². The lowest BCUT2D eigenvalue weighted by Gasteiger charge is -2.35. The molecule has 1 saturated heterocycles. The number of nitrogens with two attached hydrogens (primary N) is 1. The molecule has 0 spiro atoms. The van der Waals surface area contributed by atoms with Gasteiger partial charge in [-0.15, -0.1) is 0 Å². The molecule has 0 aromatic heterocycles. The molecule has 14 heavy (non-hydrogen) atoms. The first kappa shape index (κ1) is 11.0. The van der Waals surface area contributed by atoms with Crippen molar-refractivity contribution in [3.8, 4) is 6.07 Å². The fraction of sp³-hybridized carbons (Fsp3) is 0.778. The van der Waals surface area contributed by atoms with E-state index < -0.39 is 17.6 Å². The zero-order chi connectivity index (χ0) is 10.8. The van der Waals surface area contributed by atoms with Crippen LogP contribution >= 0.6 is 0 Å². The molecule has 0 radical (unpaired) electrons. The number of carbonyl (C=O) groups is 1. The molecule has 5 heteroatoms. The third kappa shape index (κ3) is 2.03. The second-order valence-corrected chi connectivity index (χ2v) is 3.79. The second kappa shape index (κ2) is 3.95. The van der Waals surface area contributed by atoms with Crippen molar-refractivity contribution in [2.24, 2.45) is 11.7 Å². The maximum atomic E-state index is 11.4. The molecule has 0 bridgehead atoms. The van der Waals surface area contributed by atoms with Crippen LogP contribution in [0.4, 0.5) is 0 Å². The molecule has 0 aromatic carbocycles. The SMILES string of the molecule is CC(C)C(N)C(=O)OC1(C#N)COC1. The van der Waals surface area contributed by atoms with Gasteiger partial charge in [-0.3, -0.25) is 4.79 Å². The minimum atomic E-state index is -1.09. The molecule has 1 fully saturated rings. The first-order valence-electron chi connectivity index (χ1n) is 4.48. The van der Waals surface area contributed by atoms with Crippen LogP contribution in [0.2, 0.25) is 0 Å². The van der Waals surface area contributed by atoms with Gasteiger partial charge in [0.1, 0.15) is 25.3 Å². The fourth-order valence-corrected chi connectivity index (χ4v) is 0.967. The summed E-state index contributed by atoms with van der Waals surface area (Å²) in [6.07, 6.45) is 0. The van der Waals surface area contributed by atoms with E-state index in [1.165, 1.54) is 0 Å². The van der Waals surface area contributed by atoms with Gasteiger partial charge in [0.15, 0.2) is 0 Å². The van der Waals surface area contributed by atoms with E-state index in [9.17, 15) is 4.79 Å². The zero-order valence-corrected chi connectivity index (χ0v) is 8.32. The fourth-order valence-electron chi connectivity index (χ4n) is 0.967. The third-order valence-corrected chi connectivity index (χ3v) is 2.16. The summed E-state index contributed by atoms with van der Waals surface area (Å²) in [4.78, 5) is 11.4. The van der Waals surface area contributed by atoms with Crippen molar-refractivity contribution >= 4 is 5.97 Å². The molecule has 2 N–H and O–H groups in total. The van der Waals surface area contributed by atoms with Crippen molar-refractivity contribution in [3.05, 3.63) is 0 Å². The Morgan fingerprint density at radius 3 is 2.50 bits per heavy atom. The highest BCUT2D eigenvalue weighted by atomic mass is 16.6. The van der Waals surface area contributed by atoms with Crippen molar-refractivity contribution in [1.29, 1.82) is 5.26 Å². The molecule has 1 rings (SSSR count). The highest BCUT2D eigenvalue weighted by molar-refractivity contribution is 5.76. The van der Waals surface area contributed by atoms with E-state index in [4.69, 9.17) is 20.5 Å². The van der Waals surface area contributed by atoms with Gasteiger partial charge >= 0.3 is 5.97 Å². The number of ether oxygens (including phenoxy) is 2. The van der Waals surface area contributed by atoms with Gasteiger partial charge in [0.25, 0.3) is 0 Å². The molecule has 0 amide bonds. The monoisotopic (exact) mass is 198 g/mol. The first-order valence-corrected chi connectivity index (χ1v) is 4.48. The maximum absolute atomic E-state index is 11.4. The first-order chi connectivity index (χ1) is 6.51. The maximum Gasteiger partial charge on any atom is 0.324 e. The van der Waals surface area contributed by atoms with Gasteiger partial charge in [-0.1, -0.05) is 13.8 Å². The molecular formula is C9H14N2O3. The van der Waals surface area contributed by atoms with Crippen molar-refractivity contribution in [3.63, 3.8) is 0 Å². The van der Waals surface area contributed by atoms with Gasteiger partial charge in [-0.25, -0.2) is 0 Å². The van der Waals surface area contributed by atoms with Crippen LogP contribution in [-0.4, -0.2) is 30.8 Å². The molecule has 1 atom stereocenters. The van der Waals surface area contributed by atoms with E-state index in [0.29, 0.717) is 0 Å². The number of nitrogens with zero attached hydrogens (tertiary/aromatic N) is 1. The van der Waals surface area contributed by atoms with E-state index in [1.807, 2.05) is 19.9 Å². The number of rotatable bonds is 3. The van der Waals surface area contributed by atoms with Crippen molar-refractivity contribution in [1.82, 2.24) is 0 Å². The van der Waals surface area contributed by atoms with Crippen LogP contribution in [0.1, 0.15) is 13.8 Å². The topological polar surface area (TPSA) is 85.3 Å². The van der Waals surface area contributed by atoms with E-state index in [2.05, 4.69) is 0 Å². The Kier molecular flexibility index (Phi) is 3.09. The van der Waals surface area contributed by atoms with E-state index >= 15 is 0 Å². The number of hydrogen-bond donors (Lipinski definition) is 1. The zero-order valence-electron chi connectivity index (χ0n) is 8.32. The van der Waals surface area contributed by atoms with Crippen LogP contribution < -0.4 is 5.73 Å². The predicted octanol–water partition coefficient (Wildman–Crippen LogP) is -0.195. The summed E-state index contributed by atoms with van der Waals surface area (Å²) < 4.78 is 9.83. The summed E-state index contributed by atoms with van der Waals surface area (Å²) in [6.45, 7) is 3.92. The molecule has 5 nitrogen and oxygen atoms in total. The van der Waals surface area contributed by atoms with Gasteiger partial charge in [0.05, 0.1) is 0 Å². The summed E-state index contributed by atoms with van der Waals surface area (Å²) in [5.74, 6) is -0.538. The number of hydrogen-bond acceptors (Lipinski definition) is 5. The Morgan fingerprint density at radius 1 is 1.64 bits per heavy atom. The standard InChI is InChI=1S/C9H14N2O3/c1-6(2)7(11)8(12)14-9(3-10)4-13-5-9/h6-7H,4-5,11H2,1-2H3. The smallest absolute Gasteiger partial charge is 0.324 e. The Labute approximate surface area is 82.8 Å². The largest absolute Gasteiger partial charge is 0.437 e. The summed E-state index contributed by atoms with van der Waals surface area (Å²) in [6, 6.07) is 1.24. The van der Waals surface area contributed by atoms with E-state index in [-0.39, 0.29) is 19.1 Å². The van der Waals surface area contributed by atoms with Gasteiger partial charge in [-0.2, -0.15) is 5.26 Å². The van der Waals surface area contributed by atoms with Crippen LogP contribution in [0.25, 0.3) is 0 Å². The predicted molar refractivity (Wildman–Crippen MR) is 48.1 cm³/mol. The average molecular weight is 198 g/mol. The highest BCUT2D eigenvalue weighted by Crippen LogP contribution is 2.21. The quantitative estimate of drug-likeness (QED) is 0.635. The second-order valence-electron chi connectivity index (χ2n) is 3.79. The van der Waals surface area contributed by atoms with Gasteiger partial charge in [0, 0.05) is 0 Å². The Balaban J connectivity index is 2.52. The minimum absolute atomic E-state index is 0.000706. The summed E-state index contributed by atoms with van der Waals surface area (Å²) >= 11 is 0. The normalized spacial score (nSPS) is 20.8. The molecule has 1 aliphatic heterocycles. The number of carbonyl (C=O) groups excluding carboxylic acids is 1. The average Bonchev–Trinajstić information content (AvgIpc) is 2.09. The van der Waals surface area contributed by atoms with Crippen LogP contribution in [0, 0.1) is 17.2 Å². The van der Waals surface area contributed by atoms with Crippen LogP contribution in [0.15, 0.2) is 0 Å².